The van der Waals surface area contributed by atoms with Gasteiger partial charge in [-0.25, -0.2) is 4.98 Å². The molecule has 0 bridgehead atoms. The molecule has 204 valence electrons. The van der Waals surface area contributed by atoms with Crippen LogP contribution in [0.3, 0.4) is 0 Å². The highest BCUT2D eigenvalue weighted by Crippen LogP contribution is 2.47. The summed E-state index contributed by atoms with van der Waals surface area (Å²) in [7, 11) is 0. The number of benzene rings is 6. The lowest BCUT2D eigenvalue weighted by atomic mass is 10.1. The first-order chi connectivity index (χ1) is 21.3. The van der Waals surface area contributed by atoms with Gasteiger partial charge in [0.2, 0.25) is 0 Å². The van der Waals surface area contributed by atoms with Gasteiger partial charge >= 0.3 is 0 Å². The maximum atomic E-state index is 6.62. The Morgan fingerprint density at radius 1 is 0.581 bits per heavy atom. The van der Waals surface area contributed by atoms with Gasteiger partial charge in [0, 0.05) is 27.9 Å². The summed E-state index contributed by atoms with van der Waals surface area (Å²) in [6, 6.07) is 50.7. The zero-order valence-electron chi connectivity index (χ0n) is 23.2. The van der Waals surface area contributed by atoms with Crippen molar-refractivity contribution in [1.82, 2.24) is 14.1 Å². The SMILES string of the molecule is c1ccc(-c2nc3ccccc3n2-c2cccc(-n3c4ccccc4c4c5c(ccc43)NC(c3ccccc3)O5)c2)cc1. The third-order valence-corrected chi connectivity index (χ3v) is 8.35. The van der Waals surface area contributed by atoms with Crippen molar-refractivity contribution in [2.24, 2.45) is 0 Å². The van der Waals surface area contributed by atoms with Crippen molar-refractivity contribution in [1.29, 1.82) is 0 Å². The normalized spacial score (nSPS) is 14.2. The average molecular weight is 555 g/mol. The van der Waals surface area contributed by atoms with Gasteiger partial charge in [-0.05, 0) is 48.5 Å². The molecule has 0 aliphatic carbocycles. The predicted molar refractivity (Wildman–Crippen MR) is 174 cm³/mol. The highest BCUT2D eigenvalue weighted by atomic mass is 16.5. The molecular formula is C38H26N4O. The van der Waals surface area contributed by atoms with Crippen LogP contribution in [0.4, 0.5) is 5.69 Å². The standard InChI is InChI=1S/C38H26N4O/c1-3-12-25(13-4-1)37-39-30-19-8-10-21-33(30)42(37)28-17-11-16-27(24-28)41-32-20-9-7-18-29(32)35-34(41)23-22-31-36(35)43-38(40-31)26-14-5-2-6-15-26/h1-24,38,40H. The van der Waals surface area contributed by atoms with Crippen molar-refractivity contribution >= 4 is 38.5 Å². The fraction of sp³-hybridized carbons (Fsp3) is 0.0263. The van der Waals surface area contributed by atoms with Crippen LogP contribution in [0.25, 0.3) is 55.6 Å². The van der Waals surface area contributed by atoms with E-state index in [0.717, 1.165) is 72.6 Å². The Morgan fingerprint density at radius 2 is 1.28 bits per heavy atom. The largest absolute Gasteiger partial charge is 0.464 e. The van der Waals surface area contributed by atoms with Crippen molar-refractivity contribution < 1.29 is 4.74 Å². The van der Waals surface area contributed by atoms with Crippen LogP contribution in [0.1, 0.15) is 11.8 Å². The molecule has 0 amide bonds. The Balaban J connectivity index is 1.25. The monoisotopic (exact) mass is 554 g/mol. The summed E-state index contributed by atoms with van der Waals surface area (Å²) in [5, 5.41) is 5.86. The van der Waals surface area contributed by atoms with E-state index in [-0.39, 0.29) is 6.23 Å². The first kappa shape index (κ1) is 23.9. The van der Waals surface area contributed by atoms with E-state index in [2.05, 4.69) is 130 Å². The molecule has 1 N–H and O–H groups in total. The highest BCUT2D eigenvalue weighted by Gasteiger charge is 2.28. The lowest BCUT2D eigenvalue weighted by molar-refractivity contribution is 0.263. The number of rotatable bonds is 4. The van der Waals surface area contributed by atoms with Gasteiger partial charge in [0.05, 0.1) is 33.1 Å². The summed E-state index contributed by atoms with van der Waals surface area (Å²) in [5.74, 6) is 1.81. The van der Waals surface area contributed by atoms with E-state index < -0.39 is 0 Å². The van der Waals surface area contributed by atoms with Crippen LogP contribution in [0.15, 0.2) is 146 Å². The maximum absolute atomic E-state index is 6.62. The van der Waals surface area contributed by atoms with Gasteiger partial charge in [0.1, 0.15) is 5.82 Å². The van der Waals surface area contributed by atoms with Crippen LogP contribution >= 0.6 is 0 Å². The molecule has 6 aromatic carbocycles. The predicted octanol–water partition coefficient (Wildman–Crippen LogP) is 9.29. The quantitative estimate of drug-likeness (QED) is 0.236. The van der Waals surface area contributed by atoms with Gasteiger partial charge in [-0.15, -0.1) is 0 Å². The number of aromatic nitrogens is 3. The van der Waals surface area contributed by atoms with Gasteiger partial charge < -0.3 is 14.6 Å². The lowest BCUT2D eigenvalue weighted by Gasteiger charge is -2.13. The summed E-state index contributed by atoms with van der Waals surface area (Å²) in [4.78, 5) is 5.06. The van der Waals surface area contributed by atoms with Crippen LogP contribution < -0.4 is 10.1 Å². The van der Waals surface area contributed by atoms with Crippen LogP contribution in [0.5, 0.6) is 5.75 Å². The van der Waals surface area contributed by atoms with E-state index >= 15 is 0 Å². The number of hydrogen-bond acceptors (Lipinski definition) is 3. The molecule has 3 heterocycles. The maximum Gasteiger partial charge on any atom is 0.196 e. The van der Waals surface area contributed by atoms with Gasteiger partial charge in [-0.3, -0.25) is 4.57 Å². The van der Waals surface area contributed by atoms with Gasteiger partial charge in [-0.1, -0.05) is 97.1 Å². The average Bonchev–Trinajstić information content (AvgIpc) is 3.77. The molecule has 2 aromatic heterocycles. The fourth-order valence-electron chi connectivity index (χ4n) is 6.45. The number of anilines is 1. The molecule has 1 atom stereocenters. The Kier molecular flexibility index (Phi) is 5.19. The van der Waals surface area contributed by atoms with Crippen molar-refractivity contribution in [2.75, 3.05) is 5.32 Å². The Morgan fingerprint density at radius 3 is 2.12 bits per heavy atom. The molecule has 9 rings (SSSR count). The smallest absolute Gasteiger partial charge is 0.196 e. The second-order valence-electron chi connectivity index (χ2n) is 10.9. The summed E-state index contributed by atoms with van der Waals surface area (Å²) in [5.41, 5.74) is 9.60. The fourth-order valence-corrected chi connectivity index (χ4v) is 6.45. The Hall–Kier alpha value is -5.81. The van der Waals surface area contributed by atoms with Crippen LogP contribution in [0, 0.1) is 0 Å². The molecule has 1 aliphatic rings. The Bertz CT molecular complexity index is 2300. The van der Waals surface area contributed by atoms with E-state index in [1.54, 1.807) is 0 Å². The van der Waals surface area contributed by atoms with Crippen LogP contribution in [-0.2, 0) is 0 Å². The molecular weight excluding hydrogens is 528 g/mol. The molecule has 0 saturated heterocycles. The third-order valence-electron chi connectivity index (χ3n) is 8.35. The second kappa shape index (κ2) is 9.36. The van der Waals surface area contributed by atoms with Gasteiger partial charge in [0.15, 0.2) is 12.0 Å². The van der Waals surface area contributed by atoms with Crippen molar-refractivity contribution in [3.05, 3.63) is 151 Å². The first-order valence-electron chi connectivity index (χ1n) is 14.5. The zero-order valence-corrected chi connectivity index (χ0v) is 23.2. The zero-order chi connectivity index (χ0) is 28.3. The molecule has 0 fully saturated rings. The van der Waals surface area contributed by atoms with Crippen LogP contribution in [-0.4, -0.2) is 14.1 Å². The molecule has 5 heteroatoms. The second-order valence-corrected chi connectivity index (χ2v) is 10.9. The van der Waals surface area contributed by atoms with Crippen molar-refractivity contribution in [3.63, 3.8) is 0 Å². The molecule has 0 saturated carbocycles. The molecule has 5 nitrogen and oxygen atoms in total. The molecule has 0 spiro atoms. The summed E-state index contributed by atoms with van der Waals surface area (Å²) >= 11 is 0. The van der Waals surface area contributed by atoms with Crippen molar-refractivity contribution in [2.45, 2.75) is 6.23 Å². The number of hydrogen-bond donors (Lipinski definition) is 1. The van der Waals surface area contributed by atoms with E-state index in [1.165, 1.54) is 0 Å². The Labute approximate surface area is 248 Å². The van der Waals surface area contributed by atoms with Crippen LogP contribution in [0.2, 0.25) is 0 Å². The number of nitrogens with one attached hydrogen (secondary N) is 1. The van der Waals surface area contributed by atoms with Crippen molar-refractivity contribution in [3.8, 4) is 28.5 Å². The third kappa shape index (κ3) is 3.68. The lowest BCUT2D eigenvalue weighted by Crippen LogP contribution is -2.09. The summed E-state index contributed by atoms with van der Waals surface area (Å²) in [6.07, 6.45) is -0.224. The minimum Gasteiger partial charge on any atom is -0.464 e. The molecule has 1 aliphatic heterocycles. The highest BCUT2D eigenvalue weighted by molar-refractivity contribution is 6.14. The molecule has 0 radical (unpaired) electrons. The number of fused-ring (bicyclic) bond motifs is 6. The van der Waals surface area contributed by atoms with Gasteiger partial charge in [0.25, 0.3) is 0 Å². The number of nitrogens with zero attached hydrogens (tertiary/aromatic N) is 3. The number of imidazole rings is 1. The van der Waals surface area contributed by atoms with E-state index in [4.69, 9.17) is 9.72 Å². The number of ether oxygens (including phenoxy) is 1. The minimum atomic E-state index is -0.224. The van der Waals surface area contributed by atoms with E-state index in [1.807, 2.05) is 30.3 Å². The van der Waals surface area contributed by atoms with Gasteiger partial charge in [-0.2, -0.15) is 0 Å². The number of para-hydroxylation sites is 3. The first-order valence-corrected chi connectivity index (χ1v) is 14.5. The molecule has 1 unspecified atom stereocenters. The molecule has 8 aromatic rings. The summed E-state index contributed by atoms with van der Waals surface area (Å²) < 4.78 is 11.2. The van der Waals surface area contributed by atoms with E-state index in [0.29, 0.717) is 0 Å². The minimum absolute atomic E-state index is 0.224. The molecule has 43 heavy (non-hydrogen) atoms. The van der Waals surface area contributed by atoms with E-state index in [9.17, 15) is 0 Å². The summed E-state index contributed by atoms with van der Waals surface area (Å²) in [6.45, 7) is 0. The topological polar surface area (TPSA) is 44.0 Å².